The molecule has 0 radical (unpaired) electrons. The first-order chi connectivity index (χ1) is 9.46. The highest BCUT2D eigenvalue weighted by atomic mass is 16.6. The average Bonchev–Trinajstić information content (AvgIpc) is 2.92. The summed E-state index contributed by atoms with van der Waals surface area (Å²) in [4.78, 5) is 7.78. The zero-order chi connectivity index (χ0) is 14.5. The van der Waals surface area contributed by atoms with Crippen molar-refractivity contribution in [2.75, 3.05) is 12.3 Å². The zero-order valence-electron chi connectivity index (χ0n) is 10.6. The van der Waals surface area contributed by atoms with Gasteiger partial charge in [0.1, 0.15) is 41.5 Å². The summed E-state index contributed by atoms with van der Waals surface area (Å²) in [7, 11) is 0. The first-order valence-electron chi connectivity index (χ1n) is 5.99. The van der Waals surface area contributed by atoms with Gasteiger partial charge in [0, 0.05) is 0 Å². The van der Waals surface area contributed by atoms with Gasteiger partial charge in [-0.3, -0.25) is 0 Å². The summed E-state index contributed by atoms with van der Waals surface area (Å²) in [6, 6.07) is 0. The molecule has 20 heavy (non-hydrogen) atoms. The lowest BCUT2D eigenvalue weighted by atomic mass is 9.91. The Bertz CT molecular complexity index is 643. The summed E-state index contributed by atoms with van der Waals surface area (Å²) in [5.74, 6) is 0.116. The lowest BCUT2D eigenvalue weighted by molar-refractivity contribution is -0.0663. The fraction of sp³-hybridized carbons (Fsp3) is 0.545. The molecule has 1 unspecified atom stereocenters. The number of nitrogen functional groups attached to an aromatic ring is 1. The second-order valence-corrected chi connectivity index (χ2v) is 4.91. The maximum atomic E-state index is 10.4. The van der Waals surface area contributed by atoms with E-state index in [2.05, 4.69) is 15.1 Å². The summed E-state index contributed by atoms with van der Waals surface area (Å²) >= 11 is 0. The van der Waals surface area contributed by atoms with Crippen molar-refractivity contribution >= 4 is 16.9 Å². The Morgan fingerprint density at radius 1 is 1.45 bits per heavy atom. The molecule has 0 amide bonds. The molecule has 4 atom stereocenters. The first kappa shape index (κ1) is 13.2. The molecule has 0 aliphatic carbocycles. The number of ether oxygens (including phenoxy) is 1. The van der Waals surface area contributed by atoms with E-state index in [0.717, 1.165) is 0 Å². The van der Waals surface area contributed by atoms with Gasteiger partial charge in [0.2, 0.25) is 5.58 Å². The Morgan fingerprint density at radius 3 is 2.85 bits per heavy atom. The molecule has 3 heterocycles. The van der Waals surface area contributed by atoms with Crippen LogP contribution in [0.15, 0.2) is 10.9 Å². The van der Waals surface area contributed by atoms with Crippen LogP contribution in [0.4, 0.5) is 5.82 Å². The normalized spacial score (nSPS) is 33.9. The largest absolute Gasteiger partial charge is 0.394 e. The van der Waals surface area contributed by atoms with Gasteiger partial charge in [0.15, 0.2) is 5.82 Å². The van der Waals surface area contributed by atoms with Gasteiger partial charge in [-0.15, -0.1) is 0 Å². The third kappa shape index (κ3) is 1.68. The zero-order valence-corrected chi connectivity index (χ0v) is 10.6. The van der Waals surface area contributed by atoms with Crippen LogP contribution in [0.3, 0.4) is 0 Å². The van der Waals surface area contributed by atoms with Gasteiger partial charge in [-0.25, -0.2) is 9.97 Å². The highest BCUT2D eigenvalue weighted by Crippen LogP contribution is 2.42. The Morgan fingerprint density at radius 2 is 2.20 bits per heavy atom. The number of aliphatic hydroxyl groups excluding tert-OH is 2. The van der Waals surface area contributed by atoms with Gasteiger partial charge in [0.25, 0.3) is 0 Å². The molecule has 108 valence electrons. The maximum Gasteiger partial charge on any atom is 0.227 e. The molecular formula is C11H14N4O5. The van der Waals surface area contributed by atoms with E-state index < -0.39 is 30.5 Å². The molecular weight excluding hydrogens is 268 g/mol. The molecule has 1 saturated heterocycles. The van der Waals surface area contributed by atoms with Crippen molar-refractivity contribution in [2.45, 2.75) is 30.8 Å². The molecule has 1 fully saturated rings. The third-order valence-corrected chi connectivity index (χ3v) is 3.53. The van der Waals surface area contributed by atoms with Crippen LogP contribution in [0, 0.1) is 0 Å². The first-order valence-corrected chi connectivity index (χ1v) is 5.99. The van der Waals surface area contributed by atoms with Gasteiger partial charge in [-0.05, 0) is 6.92 Å². The molecule has 1 aliphatic rings. The van der Waals surface area contributed by atoms with Crippen molar-refractivity contribution in [3.8, 4) is 0 Å². The second kappa shape index (κ2) is 4.35. The smallest absolute Gasteiger partial charge is 0.227 e. The number of aliphatic hydroxyl groups is 3. The maximum absolute atomic E-state index is 10.4. The van der Waals surface area contributed by atoms with Gasteiger partial charge >= 0.3 is 0 Å². The van der Waals surface area contributed by atoms with E-state index in [9.17, 15) is 10.2 Å². The van der Waals surface area contributed by atoms with Crippen LogP contribution in [0.5, 0.6) is 0 Å². The summed E-state index contributed by atoms with van der Waals surface area (Å²) in [5.41, 5.74) is 4.68. The summed E-state index contributed by atoms with van der Waals surface area (Å²) < 4.78 is 10.5. The van der Waals surface area contributed by atoms with Gasteiger partial charge in [-0.1, -0.05) is 5.16 Å². The lowest BCUT2D eigenvalue weighted by Gasteiger charge is -2.25. The quantitative estimate of drug-likeness (QED) is 0.529. The van der Waals surface area contributed by atoms with Crippen LogP contribution >= 0.6 is 0 Å². The van der Waals surface area contributed by atoms with E-state index in [-0.39, 0.29) is 17.1 Å². The number of hydrogen-bond acceptors (Lipinski definition) is 9. The van der Waals surface area contributed by atoms with Gasteiger partial charge in [0.05, 0.1) is 6.61 Å². The number of hydrogen-bond donors (Lipinski definition) is 4. The number of fused-ring (bicyclic) bond motifs is 1. The predicted molar refractivity (Wildman–Crippen MR) is 65.3 cm³/mol. The minimum absolute atomic E-state index is 0.116. The summed E-state index contributed by atoms with van der Waals surface area (Å²) in [6.45, 7) is 0.962. The van der Waals surface area contributed by atoms with E-state index in [1.54, 1.807) is 0 Å². The fourth-order valence-electron chi connectivity index (χ4n) is 2.37. The molecule has 9 nitrogen and oxygen atoms in total. The van der Waals surface area contributed by atoms with Crippen molar-refractivity contribution in [3.63, 3.8) is 0 Å². The standard InChI is InChI=1S/C11H14N4O5/c1-11(18)8(17)4(2-16)19-9(11)6-5-7(20-15-6)10(12)14-3-13-5/h3-4,8-9,16-18H,2H2,1H3,(H2,12,13,14)/t4?,8-,9+,11-/m1/s1. The topological polar surface area (TPSA) is 148 Å². The van der Waals surface area contributed by atoms with E-state index in [1.165, 1.54) is 13.3 Å². The van der Waals surface area contributed by atoms with Crippen molar-refractivity contribution in [2.24, 2.45) is 0 Å². The van der Waals surface area contributed by atoms with E-state index in [0.29, 0.717) is 5.52 Å². The Balaban J connectivity index is 2.10. The highest BCUT2D eigenvalue weighted by Gasteiger charge is 2.54. The SMILES string of the molecule is C[C@@]1(O)[C@H](O)C(CO)O[C@H]1c1noc2c(N)ncnc12. The molecule has 2 aromatic heterocycles. The number of anilines is 1. The van der Waals surface area contributed by atoms with Crippen LogP contribution in [0.2, 0.25) is 0 Å². The molecule has 0 bridgehead atoms. The van der Waals surface area contributed by atoms with Crippen molar-refractivity contribution in [1.82, 2.24) is 15.1 Å². The third-order valence-electron chi connectivity index (χ3n) is 3.53. The Kier molecular flexibility index (Phi) is 2.87. The Labute approximate surface area is 113 Å². The van der Waals surface area contributed by atoms with E-state index >= 15 is 0 Å². The molecule has 2 aromatic rings. The summed E-state index contributed by atoms with van der Waals surface area (Å²) in [5, 5.41) is 33.3. The molecule has 0 aromatic carbocycles. The minimum Gasteiger partial charge on any atom is -0.394 e. The average molecular weight is 282 g/mol. The molecule has 5 N–H and O–H groups in total. The predicted octanol–water partition coefficient (Wildman–Crippen LogP) is -1.26. The fourth-order valence-corrected chi connectivity index (χ4v) is 2.37. The number of rotatable bonds is 2. The van der Waals surface area contributed by atoms with Gasteiger partial charge < -0.3 is 30.3 Å². The number of nitrogens with zero attached hydrogens (tertiary/aromatic N) is 3. The molecule has 0 spiro atoms. The van der Waals surface area contributed by atoms with Crippen molar-refractivity contribution in [3.05, 3.63) is 12.0 Å². The van der Waals surface area contributed by atoms with Crippen LogP contribution in [0.25, 0.3) is 11.1 Å². The molecule has 1 aliphatic heterocycles. The molecule has 3 rings (SSSR count). The lowest BCUT2D eigenvalue weighted by Crippen LogP contribution is -2.43. The monoisotopic (exact) mass is 282 g/mol. The number of nitrogens with two attached hydrogens (primary N) is 1. The second-order valence-electron chi connectivity index (χ2n) is 4.91. The van der Waals surface area contributed by atoms with Crippen LogP contribution in [0.1, 0.15) is 18.7 Å². The van der Waals surface area contributed by atoms with Crippen molar-refractivity contribution < 1.29 is 24.6 Å². The van der Waals surface area contributed by atoms with E-state index in [4.69, 9.17) is 20.1 Å². The number of aromatic nitrogens is 3. The summed E-state index contributed by atoms with van der Waals surface area (Å²) in [6.07, 6.45) is -1.93. The van der Waals surface area contributed by atoms with Crippen LogP contribution in [-0.4, -0.2) is 54.9 Å². The molecule has 0 saturated carbocycles. The van der Waals surface area contributed by atoms with Gasteiger partial charge in [-0.2, -0.15) is 0 Å². The van der Waals surface area contributed by atoms with Crippen LogP contribution < -0.4 is 5.73 Å². The Hall–Kier alpha value is -1.81. The highest BCUT2D eigenvalue weighted by molar-refractivity contribution is 5.83. The minimum atomic E-state index is -1.64. The van der Waals surface area contributed by atoms with Crippen molar-refractivity contribution in [1.29, 1.82) is 0 Å². The van der Waals surface area contributed by atoms with E-state index in [1.807, 2.05) is 0 Å². The van der Waals surface area contributed by atoms with Crippen LogP contribution in [-0.2, 0) is 4.74 Å². The molecule has 9 heteroatoms.